The molecule has 4 aromatic rings. The number of carbonyl (C=O) groups is 4. The van der Waals surface area contributed by atoms with Crippen molar-refractivity contribution in [3.63, 3.8) is 0 Å². The number of ether oxygens (including phenoxy) is 1. The van der Waals surface area contributed by atoms with E-state index in [1.165, 1.54) is 48.5 Å². The van der Waals surface area contributed by atoms with Gasteiger partial charge in [0.05, 0.1) is 26.9 Å². The molecule has 1 aliphatic heterocycles. The second-order valence-corrected chi connectivity index (χ2v) is 12.5. The third-order valence-corrected chi connectivity index (χ3v) is 9.61. The fourth-order valence-corrected chi connectivity index (χ4v) is 6.03. The maximum atomic E-state index is 14.0. The molecule has 0 radical (unpaired) electrons. The standard InChI is InChI=1S/C34H32ClF2N5O5S/c1-34(41(2)32(45)39-18-21-7-5-10-26(37)29(21)35,13-6-14-42-30(43)24-8-3-4-9-25(24)31(42)44)27(48)19-47-33(46)40-28-16-22-15-23(36)12-11-20(22)17-38-28/h3-5,7-12,15-17,27,48H,6,13-14,18-19H2,1-2H3,(H,39,45)(H,38,40,46)/t27?,34-/m1/s1. The van der Waals surface area contributed by atoms with Crippen molar-refractivity contribution in [3.05, 3.63) is 106 Å². The molecule has 0 saturated heterocycles. The fraction of sp³-hybridized carbons (Fsp3) is 0.265. The van der Waals surface area contributed by atoms with Gasteiger partial charge in [0, 0.05) is 31.7 Å². The Balaban J connectivity index is 1.27. The molecule has 14 heteroatoms. The molecule has 2 heterocycles. The average Bonchev–Trinajstić information content (AvgIpc) is 3.31. The van der Waals surface area contributed by atoms with Gasteiger partial charge in [-0.3, -0.25) is 19.8 Å². The average molecular weight is 696 g/mol. The first kappa shape index (κ1) is 34.6. The number of nitrogens with zero attached hydrogens (tertiary/aromatic N) is 3. The van der Waals surface area contributed by atoms with E-state index >= 15 is 0 Å². The summed E-state index contributed by atoms with van der Waals surface area (Å²) in [4.78, 5) is 58.7. The highest BCUT2D eigenvalue weighted by atomic mass is 35.5. The minimum absolute atomic E-state index is 0.0658. The van der Waals surface area contributed by atoms with Crippen LogP contribution in [0.1, 0.15) is 46.0 Å². The number of hydrogen-bond donors (Lipinski definition) is 3. The predicted molar refractivity (Wildman–Crippen MR) is 180 cm³/mol. The Bertz CT molecular complexity index is 1860. The fourth-order valence-electron chi connectivity index (χ4n) is 5.46. The lowest BCUT2D eigenvalue weighted by atomic mass is 9.89. The Morgan fingerprint density at radius 2 is 1.75 bits per heavy atom. The molecule has 0 fully saturated rings. The van der Waals surface area contributed by atoms with Crippen LogP contribution in [0.2, 0.25) is 5.02 Å². The summed E-state index contributed by atoms with van der Waals surface area (Å²) in [7, 11) is 1.53. The molecule has 48 heavy (non-hydrogen) atoms. The number of nitrogens with one attached hydrogen (secondary N) is 2. The minimum atomic E-state index is -1.10. The second-order valence-electron chi connectivity index (χ2n) is 11.5. The van der Waals surface area contributed by atoms with Gasteiger partial charge >= 0.3 is 12.1 Å². The monoisotopic (exact) mass is 695 g/mol. The van der Waals surface area contributed by atoms with Crippen LogP contribution < -0.4 is 10.6 Å². The van der Waals surface area contributed by atoms with Gasteiger partial charge < -0.3 is 15.0 Å². The summed E-state index contributed by atoms with van der Waals surface area (Å²) in [5, 5.41) is 5.58. The first-order valence-corrected chi connectivity index (χ1v) is 15.9. The zero-order valence-electron chi connectivity index (χ0n) is 26.0. The van der Waals surface area contributed by atoms with E-state index in [1.54, 1.807) is 43.3 Å². The zero-order chi connectivity index (χ0) is 34.6. The molecule has 250 valence electrons. The number of amides is 5. The highest BCUT2D eigenvalue weighted by molar-refractivity contribution is 7.81. The number of fused-ring (bicyclic) bond motifs is 2. The molecule has 0 bridgehead atoms. The Hall–Kier alpha value is -4.75. The quantitative estimate of drug-likeness (QED) is 0.119. The lowest BCUT2D eigenvalue weighted by Crippen LogP contribution is -2.57. The van der Waals surface area contributed by atoms with E-state index < -0.39 is 46.4 Å². The van der Waals surface area contributed by atoms with Crippen molar-refractivity contribution in [2.75, 3.05) is 25.5 Å². The highest BCUT2D eigenvalue weighted by Crippen LogP contribution is 2.31. The maximum absolute atomic E-state index is 14.0. The summed E-state index contributed by atoms with van der Waals surface area (Å²) >= 11 is 10.8. The van der Waals surface area contributed by atoms with Crippen LogP contribution >= 0.6 is 24.2 Å². The molecule has 10 nitrogen and oxygen atoms in total. The summed E-state index contributed by atoms with van der Waals surface area (Å²) in [6, 6.07) is 16.0. The largest absolute Gasteiger partial charge is 0.448 e. The van der Waals surface area contributed by atoms with Crippen LogP contribution in [0.25, 0.3) is 10.8 Å². The van der Waals surface area contributed by atoms with Gasteiger partial charge in [0.15, 0.2) is 0 Å². The molecule has 0 aliphatic carbocycles. The highest BCUT2D eigenvalue weighted by Gasteiger charge is 2.41. The Labute approximate surface area is 285 Å². The van der Waals surface area contributed by atoms with E-state index in [-0.39, 0.29) is 43.4 Å². The minimum Gasteiger partial charge on any atom is -0.448 e. The molecule has 1 unspecified atom stereocenters. The van der Waals surface area contributed by atoms with Gasteiger partial charge in [0.1, 0.15) is 24.1 Å². The molecule has 2 N–H and O–H groups in total. The molecule has 5 rings (SSSR count). The number of imide groups is 1. The molecule has 1 aromatic heterocycles. The number of carbonyl (C=O) groups excluding carboxylic acids is 4. The van der Waals surface area contributed by atoms with Crippen LogP contribution in [-0.4, -0.2) is 69.7 Å². The van der Waals surface area contributed by atoms with Gasteiger partial charge in [0.2, 0.25) is 0 Å². The molecule has 0 spiro atoms. The molecular formula is C34H32ClF2N5O5S. The Kier molecular flexibility index (Phi) is 10.5. The van der Waals surface area contributed by atoms with Crippen molar-refractivity contribution in [3.8, 4) is 0 Å². The van der Waals surface area contributed by atoms with E-state index in [9.17, 15) is 28.0 Å². The second kappa shape index (κ2) is 14.6. The number of pyridine rings is 1. The summed E-state index contributed by atoms with van der Waals surface area (Å²) in [5.41, 5.74) is -0.0693. The number of urea groups is 1. The molecule has 2 atom stereocenters. The summed E-state index contributed by atoms with van der Waals surface area (Å²) < 4.78 is 33.1. The van der Waals surface area contributed by atoms with Gasteiger partial charge in [0.25, 0.3) is 11.8 Å². The van der Waals surface area contributed by atoms with E-state index in [0.717, 1.165) is 4.90 Å². The zero-order valence-corrected chi connectivity index (χ0v) is 27.7. The van der Waals surface area contributed by atoms with Crippen molar-refractivity contribution in [2.45, 2.75) is 37.1 Å². The van der Waals surface area contributed by atoms with Crippen LogP contribution in [0, 0.1) is 11.6 Å². The van der Waals surface area contributed by atoms with Crippen molar-refractivity contribution < 1.29 is 32.7 Å². The van der Waals surface area contributed by atoms with E-state index in [4.69, 9.17) is 29.0 Å². The van der Waals surface area contributed by atoms with Gasteiger partial charge in [-0.05, 0) is 73.2 Å². The van der Waals surface area contributed by atoms with Gasteiger partial charge in [-0.25, -0.2) is 23.4 Å². The summed E-state index contributed by atoms with van der Waals surface area (Å²) in [5.74, 6) is -1.71. The van der Waals surface area contributed by atoms with Gasteiger partial charge in [-0.15, -0.1) is 0 Å². The van der Waals surface area contributed by atoms with Crippen LogP contribution in [0.5, 0.6) is 0 Å². The van der Waals surface area contributed by atoms with Crippen molar-refractivity contribution in [1.82, 2.24) is 20.1 Å². The maximum Gasteiger partial charge on any atom is 0.412 e. The number of aromatic nitrogens is 1. The Morgan fingerprint density at radius 3 is 2.46 bits per heavy atom. The first-order chi connectivity index (χ1) is 22.9. The van der Waals surface area contributed by atoms with Crippen LogP contribution in [-0.2, 0) is 11.3 Å². The van der Waals surface area contributed by atoms with Crippen LogP contribution in [0.4, 0.5) is 24.2 Å². The normalized spacial score (nSPS) is 14.3. The third kappa shape index (κ3) is 7.37. The summed E-state index contributed by atoms with van der Waals surface area (Å²) in [6.45, 7) is 1.49. The number of halogens is 3. The van der Waals surface area contributed by atoms with Gasteiger partial charge in [-0.2, -0.15) is 12.6 Å². The van der Waals surface area contributed by atoms with Crippen LogP contribution in [0.15, 0.2) is 72.9 Å². The van der Waals surface area contributed by atoms with E-state index in [1.807, 2.05) is 0 Å². The number of rotatable bonds is 11. The third-order valence-electron chi connectivity index (χ3n) is 8.48. The van der Waals surface area contributed by atoms with Crippen LogP contribution in [0.3, 0.4) is 0 Å². The molecule has 3 aromatic carbocycles. The van der Waals surface area contributed by atoms with Crippen molar-refractivity contribution in [1.29, 1.82) is 0 Å². The molecule has 1 aliphatic rings. The number of anilines is 1. The molecule has 0 saturated carbocycles. The van der Waals surface area contributed by atoms with E-state index in [0.29, 0.717) is 27.5 Å². The van der Waals surface area contributed by atoms with Crippen molar-refractivity contribution in [2.24, 2.45) is 0 Å². The van der Waals surface area contributed by atoms with E-state index in [2.05, 4.69) is 15.6 Å². The summed E-state index contributed by atoms with van der Waals surface area (Å²) in [6.07, 6.45) is 1.17. The molecular weight excluding hydrogens is 664 g/mol. The van der Waals surface area contributed by atoms with Crippen molar-refractivity contribution >= 4 is 64.8 Å². The lowest BCUT2D eigenvalue weighted by molar-refractivity contribution is 0.0629. The smallest absolute Gasteiger partial charge is 0.412 e. The Morgan fingerprint density at radius 1 is 1.04 bits per heavy atom. The van der Waals surface area contributed by atoms with Gasteiger partial charge in [-0.1, -0.05) is 35.9 Å². The number of benzene rings is 3. The first-order valence-electron chi connectivity index (χ1n) is 15.0. The SMILES string of the molecule is CN(C(=O)NCc1cccc(F)c1Cl)[C@](C)(CCCN1C(=O)c2ccccc2C1=O)C(S)COC(=O)Nc1cc2cc(F)ccc2cn1. The predicted octanol–water partition coefficient (Wildman–Crippen LogP) is 6.69. The topological polar surface area (TPSA) is 121 Å². The number of hydrogen-bond acceptors (Lipinski definition) is 7. The molecule has 5 amide bonds. The number of thiol groups is 1. The lowest BCUT2D eigenvalue weighted by Gasteiger charge is -2.43.